The molecule has 2 amide bonds. The third-order valence-corrected chi connectivity index (χ3v) is 7.15. The highest BCUT2D eigenvalue weighted by Gasteiger charge is 2.27. The Kier molecular flexibility index (Phi) is 7.46. The van der Waals surface area contributed by atoms with Crippen LogP contribution in [0, 0.1) is 12.7 Å². The van der Waals surface area contributed by atoms with E-state index >= 15 is 0 Å². The maximum Gasteiger partial charge on any atom is 0.321 e. The lowest BCUT2D eigenvalue weighted by Crippen LogP contribution is -2.50. The van der Waals surface area contributed by atoms with Gasteiger partial charge in [-0.05, 0) is 61.9 Å². The van der Waals surface area contributed by atoms with E-state index in [0.29, 0.717) is 42.5 Å². The standard InChI is InChI=1S/C28H31ClFN7O/c1-4-5-18(2)25-32-26(24-19(3)34-37(27(24)33-25)23-12-8-21(30)9-13-23)35-14-16-36(17-15-35)28(38)31-22-10-6-20(29)7-11-22/h6-13,18H,4-5,14-17H2,1-3H3,(H,31,38). The molecule has 10 heteroatoms. The smallest absolute Gasteiger partial charge is 0.321 e. The number of amides is 2. The van der Waals surface area contributed by atoms with Crippen molar-refractivity contribution >= 4 is 40.2 Å². The molecule has 2 aromatic heterocycles. The molecule has 0 spiro atoms. The maximum atomic E-state index is 13.6. The molecule has 0 radical (unpaired) electrons. The zero-order chi connectivity index (χ0) is 26.8. The van der Waals surface area contributed by atoms with Gasteiger partial charge in [0.1, 0.15) is 17.5 Å². The van der Waals surface area contributed by atoms with Crippen molar-refractivity contribution in [2.45, 2.75) is 39.5 Å². The molecule has 1 aliphatic rings. The molecule has 8 nitrogen and oxygen atoms in total. The Bertz CT molecular complexity index is 1430. The molecule has 3 heterocycles. The van der Waals surface area contributed by atoms with Crippen LogP contribution in [0.4, 0.5) is 20.7 Å². The van der Waals surface area contributed by atoms with Crippen LogP contribution in [-0.4, -0.2) is 56.9 Å². The number of benzene rings is 2. The van der Waals surface area contributed by atoms with Gasteiger partial charge in [0.25, 0.3) is 0 Å². The predicted molar refractivity (Wildman–Crippen MR) is 149 cm³/mol. The number of nitrogens with one attached hydrogen (secondary N) is 1. The Hall–Kier alpha value is -3.72. The molecule has 38 heavy (non-hydrogen) atoms. The number of hydrogen-bond acceptors (Lipinski definition) is 5. The number of rotatable bonds is 6. The number of anilines is 2. The highest BCUT2D eigenvalue weighted by Crippen LogP contribution is 2.32. The molecule has 198 valence electrons. The second-order valence-corrected chi connectivity index (χ2v) is 10.1. The third kappa shape index (κ3) is 5.29. The van der Waals surface area contributed by atoms with Crippen molar-refractivity contribution in [1.82, 2.24) is 24.6 Å². The summed E-state index contributed by atoms with van der Waals surface area (Å²) in [6.45, 7) is 8.59. The fourth-order valence-electron chi connectivity index (χ4n) is 4.81. The molecule has 5 rings (SSSR count). The minimum absolute atomic E-state index is 0.141. The molecule has 1 saturated heterocycles. The second kappa shape index (κ2) is 10.9. The average molecular weight is 536 g/mol. The van der Waals surface area contributed by atoms with Crippen LogP contribution in [0.25, 0.3) is 16.7 Å². The highest BCUT2D eigenvalue weighted by molar-refractivity contribution is 6.30. The number of aryl methyl sites for hydroxylation is 1. The van der Waals surface area contributed by atoms with E-state index in [2.05, 4.69) is 24.1 Å². The first kappa shape index (κ1) is 25.9. The summed E-state index contributed by atoms with van der Waals surface area (Å²) in [6.07, 6.45) is 1.99. The number of urea groups is 1. The Morgan fingerprint density at radius 1 is 1.05 bits per heavy atom. The van der Waals surface area contributed by atoms with E-state index in [4.69, 9.17) is 26.7 Å². The van der Waals surface area contributed by atoms with E-state index < -0.39 is 0 Å². The van der Waals surface area contributed by atoms with Gasteiger partial charge < -0.3 is 15.1 Å². The SMILES string of the molecule is CCCC(C)c1nc(N2CCN(C(=O)Nc3ccc(Cl)cc3)CC2)c2c(C)nn(-c3ccc(F)cc3)c2n1. The summed E-state index contributed by atoms with van der Waals surface area (Å²) in [5.41, 5.74) is 2.96. The summed E-state index contributed by atoms with van der Waals surface area (Å²) in [6, 6.07) is 13.2. The van der Waals surface area contributed by atoms with Crippen LogP contribution in [0.5, 0.6) is 0 Å². The first-order valence-corrected chi connectivity index (χ1v) is 13.3. The fraction of sp³-hybridized carbons (Fsp3) is 0.357. The van der Waals surface area contributed by atoms with Gasteiger partial charge in [-0.3, -0.25) is 0 Å². The van der Waals surface area contributed by atoms with Crippen LogP contribution < -0.4 is 10.2 Å². The lowest BCUT2D eigenvalue weighted by atomic mass is 10.1. The van der Waals surface area contributed by atoms with Gasteiger partial charge in [0.15, 0.2) is 5.65 Å². The molecule has 0 aliphatic carbocycles. The van der Waals surface area contributed by atoms with Gasteiger partial charge in [-0.25, -0.2) is 23.8 Å². The van der Waals surface area contributed by atoms with E-state index in [1.807, 2.05) is 6.92 Å². The number of fused-ring (bicyclic) bond motifs is 1. The second-order valence-electron chi connectivity index (χ2n) is 9.68. The van der Waals surface area contributed by atoms with Gasteiger partial charge in [-0.15, -0.1) is 0 Å². The van der Waals surface area contributed by atoms with E-state index in [9.17, 15) is 9.18 Å². The zero-order valence-corrected chi connectivity index (χ0v) is 22.5. The van der Waals surface area contributed by atoms with Crippen molar-refractivity contribution in [3.05, 3.63) is 70.9 Å². The van der Waals surface area contributed by atoms with Gasteiger partial charge in [-0.1, -0.05) is 31.9 Å². The van der Waals surface area contributed by atoms with Gasteiger partial charge in [-0.2, -0.15) is 5.10 Å². The molecular weight excluding hydrogens is 505 g/mol. The van der Waals surface area contributed by atoms with Crippen molar-refractivity contribution in [2.24, 2.45) is 0 Å². The van der Waals surface area contributed by atoms with Crippen molar-refractivity contribution in [1.29, 1.82) is 0 Å². The van der Waals surface area contributed by atoms with Crippen molar-refractivity contribution in [3.63, 3.8) is 0 Å². The molecule has 1 atom stereocenters. The highest BCUT2D eigenvalue weighted by atomic mass is 35.5. The molecular formula is C28H31ClFN7O. The van der Waals surface area contributed by atoms with E-state index in [1.54, 1.807) is 46.0 Å². The largest absolute Gasteiger partial charge is 0.352 e. The third-order valence-electron chi connectivity index (χ3n) is 6.90. The summed E-state index contributed by atoms with van der Waals surface area (Å²) < 4.78 is 15.4. The van der Waals surface area contributed by atoms with Gasteiger partial charge >= 0.3 is 6.03 Å². The van der Waals surface area contributed by atoms with Gasteiger partial charge in [0.05, 0.1) is 16.8 Å². The summed E-state index contributed by atoms with van der Waals surface area (Å²) in [7, 11) is 0. The average Bonchev–Trinajstić information content (AvgIpc) is 3.26. The number of hydrogen-bond donors (Lipinski definition) is 1. The lowest BCUT2D eigenvalue weighted by molar-refractivity contribution is 0.208. The Morgan fingerprint density at radius 2 is 1.74 bits per heavy atom. The first-order valence-electron chi connectivity index (χ1n) is 12.9. The molecule has 1 unspecified atom stereocenters. The monoisotopic (exact) mass is 535 g/mol. The van der Waals surface area contributed by atoms with E-state index in [1.165, 1.54) is 12.1 Å². The topological polar surface area (TPSA) is 79.2 Å². The number of aromatic nitrogens is 4. The fourth-order valence-corrected chi connectivity index (χ4v) is 4.93. The normalized spacial score (nSPS) is 14.7. The quantitative estimate of drug-likeness (QED) is 0.319. The minimum atomic E-state index is -0.299. The van der Waals surface area contributed by atoms with Crippen LogP contribution in [0.2, 0.25) is 5.02 Å². The molecule has 4 aromatic rings. The first-order chi connectivity index (χ1) is 18.3. The number of carbonyl (C=O) groups is 1. The summed E-state index contributed by atoms with van der Waals surface area (Å²) in [5, 5.41) is 9.21. The Morgan fingerprint density at radius 3 is 2.39 bits per heavy atom. The molecule has 0 bridgehead atoms. The number of halogens is 2. The van der Waals surface area contributed by atoms with Gasteiger partial charge in [0.2, 0.25) is 0 Å². The minimum Gasteiger partial charge on any atom is -0.352 e. The van der Waals surface area contributed by atoms with Crippen LogP contribution >= 0.6 is 11.6 Å². The molecule has 1 fully saturated rings. The molecule has 0 saturated carbocycles. The molecule has 1 N–H and O–H groups in total. The summed E-state index contributed by atoms with van der Waals surface area (Å²) in [4.78, 5) is 26.9. The summed E-state index contributed by atoms with van der Waals surface area (Å²) >= 11 is 5.95. The predicted octanol–water partition coefficient (Wildman–Crippen LogP) is 6.17. The maximum absolute atomic E-state index is 13.6. The Balaban J connectivity index is 1.44. The van der Waals surface area contributed by atoms with Crippen LogP contribution in [0.3, 0.4) is 0 Å². The summed E-state index contributed by atoms with van der Waals surface area (Å²) in [5.74, 6) is 1.47. The van der Waals surface area contributed by atoms with E-state index in [0.717, 1.165) is 41.3 Å². The van der Waals surface area contributed by atoms with Gasteiger partial charge in [0, 0.05) is 42.8 Å². The number of piperazine rings is 1. The Labute approximate surface area is 226 Å². The van der Waals surface area contributed by atoms with Crippen molar-refractivity contribution < 1.29 is 9.18 Å². The van der Waals surface area contributed by atoms with Crippen LogP contribution in [0.1, 0.15) is 44.1 Å². The zero-order valence-electron chi connectivity index (χ0n) is 21.8. The van der Waals surface area contributed by atoms with Crippen LogP contribution in [-0.2, 0) is 0 Å². The van der Waals surface area contributed by atoms with Crippen molar-refractivity contribution in [2.75, 3.05) is 36.4 Å². The van der Waals surface area contributed by atoms with Crippen LogP contribution in [0.15, 0.2) is 48.5 Å². The number of carbonyl (C=O) groups excluding carboxylic acids is 1. The van der Waals surface area contributed by atoms with Crippen molar-refractivity contribution in [3.8, 4) is 5.69 Å². The lowest BCUT2D eigenvalue weighted by Gasteiger charge is -2.35. The molecule has 2 aromatic carbocycles. The van der Waals surface area contributed by atoms with E-state index in [-0.39, 0.29) is 17.8 Å². The molecule has 1 aliphatic heterocycles. The number of nitrogens with zero attached hydrogens (tertiary/aromatic N) is 6.